The zero-order chi connectivity index (χ0) is 9.14. The van der Waals surface area contributed by atoms with Crippen LogP contribution in [0.15, 0.2) is 22.7 Å². The van der Waals surface area contributed by atoms with E-state index in [0.717, 1.165) is 5.56 Å². The molecule has 2 N–H and O–H groups in total. The van der Waals surface area contributed by atoms with Gasteiger partial charge < -0.3 is 0 Å². The number of benzene rings is 1. The topological polar surface area (TPSA) is 49.3 Å². The molecule has 0 fully saturated rings. The Labute approximate surface area is 78.5 Å². The maximum atomic E-state index is 11.0. The molecular weight excluding hydrogens is 222 g/mol. The standard InChI is InChI=1S/C8H8BrNO2/c1-5-2-3-6(7(9)4-5)8(11)10-12/h2-4,12H,1H3,(H,10,11). The number of amides is 1. The summed E-state index contributed by atoms with van der Waals surface area (Å²) < 4.78 is 0.675. The van der Waals surface area contributed by atoms with Crippen molar-refractivity contribution in [2.24, 2.45) is 0 Å². The number of rotatable bonds is 1. The highest BCUT2D eigenvalue weighted by Crippen LogP contribution is 2.17. The minimum absolute atomic E-state index is 0.420. The molecule has 0 radical (unpaired) electrons. The molecule has 0 aliphatic heterocycles. The second-order valence-corrected chi connectivity index (χ2v) is 3.28. The summed E-state index contributed by atoms with van der Waals surface area (Å²) >= 11 is 3.22. The maximum absolute atomic E-state index is 11.0. The zero-order valence-electron chi connectivity index (χ0n) is 6.47. The van der Waals surface area contributed by atoms with Crippen LogP contribution in [0.25, 0.3) is 0 Å². The summed E-state index contributed by atoms with van der Waals surface area (Å²) in [5.74, 6) is -0.512. The molecule has 1 aromatic carbocycles. The number of carbonyl (C=O) groups is 1. The molecule has 0 unspecified atom stereocenters. The number of nitrogens with one attached hydrogen (secondary N) is 1. The molecule has 3 nitrogen and oxygen atoms in total. The highest BCUT2D eigenvalue weighted by atomic mass is 79.9. The number of carbonyl (C=O) groups excluding carboxylic acids is 1. The molecule has 1 amide bonds. The quantitative estimate of drug-likeness (QED) is 0.571. The normalized spacial score (nSPS) is 9.58. The van der Waals surface area contributed by atoms with Gasteiger partial charge >= 0.3 is 0 Å². The molecule has 64 valence electrons. The van der Waals surface area contributed by atoms with Gasteiger partial charge in [0.25, 0.3) is 5.91 Å². The summed E-state index contributed by atoms with van der Waals surface area (Å²) in [5, 5.41) is 8.36. The van der Waals surface area contributed by atoms with Crippen LogP contribution in [0.3, 0.4) is 0 Å². The van der Waals surface area contributed by atoms with E-state index in [9.17, 15) is 4.79 Å². The Bertz CT molecular complexity index is 312. The van der Waals surface area contributed by atoms with Crippen molar-refractivity contribution in [3.8, 4) is 0 Å². The molecule has 1 aromatic rings. The first-order valence-corrected chi connectivity index (χ1v) is 4.15. The fourth-order valence-electron chi connectivity index (χ4n) is 0.865. The Balaban J connectivity index is 3.09. The number of hydroxylamine groups is 1. The van der Waals surface area contributed by atoms with Crippen LogP contribution in [0.2, 0.25) is 0 Å². The summed E-state index contributed by atoms with van der Waals surface area (Å²) in [6.45, 7) is 1.92. The zero-order valence-corrected chi connectivity index (χ0v) is 8.05. The minimum atomic E-state index is -0.512. The fraction of sp³-hybridized carbons (Fsp3) is 0.125. The van der Waals surface area contributed by atoms with Gasteiger partial charge in [-0.3, -0.25) is 10.0 Å². The van der Waals surface area contributed by atoms with E-state index < -0.39 is 5.91 Å². The van der Waals surface area contributed by atoms with E-state index in [-0.39, 0.29) is 0 Å². The summed E-state index contributed by atoms with van der Waals surface area (Å²) in [6.07, 6.45) is 0. The van der Waals surface area contributed by atoms with Gasteiger partial charge in [-0.15, -0.1) is 0 Å². The number of hydrogen-bond donors (Lipinski definition) is 2. The van der Waals surface area contributed by atoms with E-state index >= 15 is 0 Å². The average Bonchev–Trinajstić information content (AvgIpc) is 2.03. The molecule has 0 atom stereocenters. The molecule has 1 rings (SSSR count). The molecule has 0 heterocycles. The predicted molar refractivity (Wildman–Crippen MR) is 48.1 cm³/mol. The van der Waals surface area contributed by atoms with Crippen LogP contribution in [-0.4, -0.2) is 11.1 Å². The second-order valence-electron chi connectivity index (χ2n) is 2.42. The van der Waals surface area contributed by atoms with E-state index in [1.165, 1.54) is 0 Å². The first-order valence-electron chi connectivity index (χ1n) is 3.35. The third-order valence-corrected chi connectivity index (χ3v) is 2.13. The maximum Gasteiger partial charge on any atom is 0.275 e. The Morgan fingerprint density at radius 2 is 2.25 bits per heavy atom. The van der Waals surface area contributed by atoms with Crippen molar-refractivity contribution in [2.75, 3.05) is 0 Å². The molecule has 12 heavy (non-hydrogen) atoms. The summed E-state index contributed by atoms with van der Waals surface area (Å²) in [7, 11) is 0. The molecule has 0 saturated heterocycles. The Morgan fingerprint density at radius 3 is 2.75 bits per heavy atom. The van der Waals surface area contributed by atoms with Crippen LogP contribution >= 0.6 is 15.9 Å². The van der Waals surface area contributed by atoms with Gasteiger partial charge in [-0.1, -0.05) is 6.07 Å². The van der Waals surface area contributed by atoms with Gasteiger partial charge in [0.05, 0.1) is 5.56 Å². The summed E-state index contributed by atoms with van der Waals surface area (Å²) in [5.41, 5.74) is 3.04. The van der Waals surface area contributed by atoms with Gasteiger partial charge in [-0.05, 0) is 40.5 Å². The molecule has 0 aliphatic rings. The van der Waals surface area contributed by atoms with Gasteiger partial charge in [0.2, 0.25) is 0 Å². The van der Waals surface area contributed by atoms with Crippen molar-refractivity contribution in [3.05, 3.63) is 33.8 Å². The number of halogens is 1. The Hall–Kier alpha value is -0.870. The van der Waals surface area contributed by atoms with Gasteiger partial charge in [-0.25, -0.2) is 5.48 Å². The van der Waals surface area contributed by atoms with Gasteiger partial charge in [-0.2, -0.15) is 0 Å². The monoisotopic (exact) mass is 229 g/mol. The van der Waals surface area contributed by atoms with Crippen molar-refractivity contribution in [1.82, 2.24) is 5.48 Å². The number of aryl methyl sites for hydroxylation is 1. The van der Waals surface area contributed by atoms with Crippen LogP contribution < -0.4 is 5.48 Å². The first kappa shape index (κ1) is 9.22. The fourth-order valence-corrected chi connectivity index (χ4v) is 1.54. The van der Waals surface area contributed by atoms with E-state index in [1.54, 1.807) is 17.6 Å². The van der Waals surface area contributed by atoms with Gasteiger partial charge in [0.15, 0.2) is 0 Å². The minimum Gasteiger partial charge on any atom is -0.288 e. The first-order chi connectivity index (χ1) is 5.65. The van der Waals surface area contributed by atoms with E-state index in [2.05, 4.69) is 15.9 Å². The molecule has 0 aliphatic carbocycles. The lowest BCUT2D eigenvalue weighted by atomic mass is 10.1. The van der Waals surface area contributed by atoms with E-state index in [1.807, 2.05) is 13.0 Å². The predicted octanol–water partition coefficient (Wildman–Crippen LogP) is 1.88. The lowest BCUT2D eigenvalue weighted by molar-refractivity contribution is 0.0705. The van der Waals surface area contributed by atoms with Crippen molar-refractivity contribution in [2.45, 2.75) is 6.92 Å². The van der Waals surface area contributed by atoms with Crippen LogP contribution in [0.5, 0.6) is 0 Å². The van der Waals surface area contributed by atoms with Crippen molar-refractivity contribution in [1.29, 1.82) is 0 Å². The molecular formula is C8H8BrNO2. The van der Waals surface area contributed by atoms with E-state index in [0.29, 0.717) is 10.0 Å². The lowest BCUT2D eigenvalue weighted by Gasteiger charge is -2.02. The largest absolute Gasteiger partial charge is 0.288 e. The SMILES string of the molecule is Cc1ccc(C(=O)NO)c(Br)c1. The van der Waals surface area contributed by atoms with Crippen LogP contribution in [0.4, 0.5) is 0 Å². The molecule has 0 bridgehead atoms. The average molecular weight is 230 g/mol. The second kappa shape index (κ2) is 3.69. The van der Waals surface area contributed by atoms with E-state index in [4.69, 9.17) is 5.21 Å². The third kappa shape index (κ3) is 1.84. The lowest BCUT2D eigenvalue weighted by Crippen LogP contribution is -2.18. The molecule has 0 saturated carbocycles. The Kier molecular flexibility index (Phi) is 2.83. The van der Waals surface area contributed by atoms with Crippen LogP contribution in [0.1, 0.15) is 15.9 Å². The smallest absolute Gasteiger partial charge is 0.275 e. The highest BCUT2D eigenvalue weighted by Gasteiger charge is 2.07. The van der Waals surface area contributed by atoms with Gasteiger partial charge in [0.1, 0.15) is 0 Å². The highest BCUT2D eigenvalue weighted by molar-refractivity contribution is 9.10. The summed E-state index contributed by atoms with van der Waals surface area (Å²) in [4.78, 5) is 11.0. The van der Waals surface area contributed by atoms with Crippen molar-refractivity contribution < 1.29 is 10.0 Å². The molecule has 4 heteroatoms. The molecule has 0 aromatic heterocycles. The van der Waals surface area contributed by atoms with Crippen molar-refractivity contribution in [3.63, 3.8) is 0 Å². The molecule has 0 spiro atoms. The van der Waals surface area contributed by atoms with Gasteiger partial charge in [0, 0.05) is 4.47 Å². The summed E-state index contributed by atoms with van der Waals surface area (Å²) in [6, 6.07) is 5.25. The van der Waals surface area contributed by atoms with Crippen LogP contribution in [0, 0.1) is 6.92 Å². The number of hydrogen-bond acceptors (Lipinski definition) is 2. The Morgan fingerprint density at radius 1 is 1.58 bits per heavy atom. The van der Waals surface area contributed by atoms with Crippen LogP contribution in [-0.2, 0) is 0 Å². The van der Waals surface area contributed by atoms with Crippen molar-refractivity contribution >= 4 is 21.8 Å². The third-order valence-electron chi connectivity index (χ3n) is 1.47.